The normalized spacial score (nSPS) is 9.35. The number of thiazole rings is 5. The van der Waals surface area contributed by atoms with E-state index < -0.39 is 0 Å². The molecule has 10 nitrogen and oxygen atoms in total. The largest absolute Gasteiger partial charge is 0.360 e. The number of hydrogen-bond donors (Lipinski definition) is 5. The monoisotopic (exact) mass is 1050 g/mol. The number of nitrogens with one attached hydrogen (secondary N) is 5. The van der Waals surface area contributed by atoms with Crippen LogP contribution in [0.3, 0.4) is 0 Å². The Morgan fingerprint density at radius 1 is 0.408 bits per heavy atom. The SMILES string of the molecule is CC.CC.CC.CC.CC.CCCCCCc1cnc(-c2ccc[nH]2)s1.CCCCCc1ncc(-c2ccc[nH]2)s1.c1c[nH]c(-c2cncs2)c1.c1c[nH]c(-c2cncs2)c1.c1c[nH]c(-c2nccs2)c1. The quantitative estimate of drug-likeness (QED) is 0.0689. The number of aryl methyl sites for hydroxylation is 2. The van der Waals surface area contributed by atoms with E-state index in [-0.39, 0.29) is 0 Å². The summed E-state index contributed by atoms with van der Waals surface area (Å²) in [5.41, 5.74) is 9.34. The van der Waals surface area contributed by atoms with Crippen molar-refractivity contribution in [3.63, 3.8) is 0 Å². The molecule has 10 aromatic heterocycles. The first-order valence-corrected chi connectivity index (χ1v) is 29.7. The summed E-state index contributed by atoms with van der Waals surface area (Å²) in [6.07, 6.45) is 30.5. The van der Waals surface area contributed by atoms with Crippen LogP contribution in [0.2, 0.25) is 0 Å². The third kappa shape index (κ3) is 25.5. The zero-order valence-corrected chi connectivity index (χ0v) is 48.5. The van der Waals surface area contributed by atoms with Crippen LogP contribution < -0.4 is 0 Å². The van der Waals surface area contributed by atoms with Gasteiger partial charge in [-0.15, -0.1) is 56.7 Å². The van der Waals surface area contributed by atoms with Crippen LogP contribution in [-0.4, -0.2) is 49.8 Å². The summed E-state index contributed by atoms with van der Waals surface area (Å²) in [5.74, 6) is 0. The second-order valence-corrected chi connectivity index (χ2v) is 18.4. The molecule has 0 saturated carbocycles. The van der Waals surface area contributed by atoms with Crippen molar-refractivity contribution in [2.45, 2.75) is 141 Å². The van der Waals surface area contributed by atoms with Gasteiger partial charge >= 0.3 is 0 Å². The van der Waals surface area contributed by atoms with Crippen LogP contribution in [0.25, 0.3) is 53.1 Å². The highest BCUT2D eigenvalue weighted by Gasteiger charge is 2.06. The number of H-pyrrole nitrogens is 5. The fourth-order valence-corrected chi connectivity index (χ4v) is 9.52. The predicted molar refractivity (Wildman–Crippen MR) is 317 cm³/mol. The summed E-state index contributed by atoms with van der Waals surface area (Å²) in [5, 5.41) is 5.38. The lowest BCUT2D eigenvalue weighted by molar-refractivity contribution is 0.670. The van der Waals surface area contributed by atoms with E-state index >= 15 is 0 Å². The first-order valence-electron chi connectivity index (χ1n) is 25.4. The van der Waals surface area contributed by atoms with Gasteiger partial charge < -0.3 is 24.9 Å². The molecule has 0 aliphatic heterocycles. The van der Waals surface area contributed by atoms with E-state index in [2.05, 4.69) is 75.8 Å². The van der Waals surface area contributed by atoms with Gasteiger partial charge in [0.1, 0.15) is 10.0 Å². The van der Waals surface area contributed by atoms with E-state index in [0.717, 1.165) is 39.2 Å². The van der Waals surface area contributed by atoms with Gasteiger partial charge in [-0.2, -0.15) is 0 Å². The van der Waals surface area contributed by atoms with Crippen LogP contribution in [0.5, 0.6) is 0 Å². The van der Waals surface area contributed by atoms with Crippen LogP contribution in [-0.2, 0) is 12.8 Å². The summed E-state index contributed by atoms with van der Waals surface area (Å²) in [7, 11) is 0. The Morgan fingerprint density at radius 3 is 1.28 bits per heavy atom. The first-order chi connectivity index (χ1) is 35.2. The van der Waals surface area contributed by atoms with Crippen LogP contribution in [0.4, 0.5) is 0 Å². The van der Waals surface area contributed by atoms with Gasteiger partial charge in [0.05, 0.1) is 59.1 Å². The number of rotatable bonds is 14. The Bertz CT molecular complexity index is 2210. The van der Waals surface area contributed by atoms with Gasteiger partial charge in [-0.25, -0.2) is 15.0 Å². The minimum Gasteiger partial charge on any atom is -0.360 e. The molecule has 0 aliphatic rings. The smallest absolute Gasteiger partial charge is 0.139 e. The third-order valence-corrected chi connectivity index (χ3v) is 13.5. The van der Waals surface area contributed by atoms with Crippen molar-refractivity contribution in [3.8, 4) is 53.1 Å². The Labute approximate surface area is 446 Å². The fraction of sp³-hybridized carbons (Fsp3) is 0.375. The Kier molecular flexibility index (Phi) is 38.8. The molecule has 0 atom stereocenters. The molecule has 0 unspecified atom stereocenters. The van der Waals surface area contributed by atoms with Gasteiger partial charge in [0.2, 0.25) is 0 Å². The maximum absolute atomic E-state index is 4.44. The van der Waals surface area contributed by atoms with E-state index in [9.17, 15) is 0 Å². The summed E-state index contributed by atoms with van der Waals surface area (Å²) in [4.78, 5) is 41.7. The van der Waals surface area contributed by atoms with E-state index in [1.165, 1.54) is 81.6 Å². The predicted octanol–water partition coefficient (Wildman–Crippen LogP) is 19.7. The molecule has 0 aromatic carbocycles. The zero-order chi connectivity index (χ0) is 52.2. The Hall–Kier alpha value is -5.45. The molecule has 10 aromatic rings. The average molecular weight is 1060 g/mol. The first kappa shape index (κ1) is 63.6. The number of unbranched alkanes of at least 4 members (excludes halogenated alkanes) is 5. The highest BCUT2D eigenvalue weighted by Crippen LogP contribution is 2.27. The lowest BCUT2D eigenvalue weighted by atomic mass is 10.1. The molecule has 10 heterocycles. The second kappa shape index (κ2) is 43.3. The molecule has 5 N–H and O–H groups in total. The number of hydrogen-bond acceptors (Lipinski definition) is 10. The fourth-order valence-electron chi connectivity index (χ4n) is 5.78. The average Bonchev–Trinajstić information content (AvgIpc) is 4.28. The lowest BCUT2D eigenvalue weighted by Gasteiger charge is -1.95. The highest BCUT2D eigenvalue weighted by molar-refractivity contribution is 7.15. The molecule has 0 saturated heterocycles. The van der Waals surface area contributed by atoms with E-state index in [0.29, 0.717) is 0 Å². The minimum atomic E-state index is 1.05. The molecule has 0 spiro atoms. The molecule has 0 fully saturated rings. The summed E-state index contributed by atoms with van der Waals surface area (Å²) < 4.78 is 0. The van der Waals surface area contributed by atoms with Crippen molar-refractivity contribution in [2.75, 3.05) is 0 Å². The number of aromatic amines is 5. The summed E-state index contributed by atoms with van der Waals surface area (Å²) >= 11 is 8.52. The molecule has 15 heteroatoms. The van der Waals surface area contributed by atoms with Crippen LogP contribution >= 0.6 is 56.7 Å². The standard InChI is InChI=1S/C13H18N2S.C12H16N2S.3C7H6N2S.5C2H6/c1-2-3-4-5-7-11-10-15-13(16-11)12-8-6-9-14-12;1-2-3-4-7-12-14-9-11(15-12)10-6-5-8-13-10;2*1-2-6(9-3-1)7-4-8-5-10-7;1-2-6(8-3-1)7-9-4-5-10-7;5*1-2/h6,8-10,14H,2-5,7H2,1H3;5-6,8-9,13H,2-4,7H2,1H3;2*1-5,9H;1-5,8H;5*1-2H3. The van der Waals surface area contributed by atoms with Gasteiger partial charge in [0.25, 0.3) is 0 Å². The molecule has 0 aliphatic carbocycles. The Balaban J connectivity index is 0.000000429. The second-order valence-electron chi connectivity index (χ2n) is 13.5. The molecule has 386 valence electrons. The maximum Gasteiger partial charge on any atom is 0.139 e. The summed E-state index contributed by atoms with van der Waals surface area (Å²) in [6, 6.07) is 20.2. The van der Waals surface area contributed by atoms with E-state index in [4.69, 9.17) is 0 Å². The van der Waals surface area contributed by atoms with Crippen LogP contribution in [0, 0.1) is 0 Å². The van der Waals surface area contributed by atoms with Gasteiger partial charge in [-0.1, -0.05) is 115 Å². The van der Waals surface area contributed by atoms with Crippen molar-refractivity contribution in [2.24, 2.45) is 0 Å². The van der Waals surface area contributed by atoms with E-state index in [1.54, 1.807) is 62.9 Å². The van der Waals surface area contributed by atoms with Crippen LogP contribution in [0.15, 0.2) is 139 Å². The molecular weight excluding hydrogens is 973 g/mol. The minimum absolute atomic E-state index is 1.05. The van der Waals surface area contributed by atoms with Crippen LogP contribution in [0.1, 0.15) is 138 Å². The Morgan fingerprint density at radius 2 is 0.859 bits per heavy atom. The van der Waals surface area contributed by atoms with Gasteiger partial charge in [0, 0.05) is 72.2 Å². The van der Waals surface area contributed by atoms with Crippen molar-refractivity contribution in [1.82, 2.24) is 49.8 Å². The van der Waals surface area contributed by atoms with Crippen molar-refractivity contribution < 1.29 is 0 Å². The molecule has 0 bridgehead atoms. The molecule has 0 amide bonds. The molecule has 71 heavy (non-hydrogen) atoms. The van der Waals surface area contributed by atoms with Gasteiger partial charge in [-0.3, -0.25) is 9.97 Å². The summed E-state index contributed by atoms with van der Waals surface area (Å²) in [6.45, 7) is 24.5. The maximum atomic E-state index is 4.44. The topological polar surface area (TPSA) is 143 Å². The van der Waals surface area contributed by atoms with Crippen molar-refractivity contribution in [3.05, 3.63) is 149 Å². The highest BCUT2D eigenvalue weighted by atomic mass is 32.1. The third-order valence-electron chi connectivity index (χ3n) is 8.92. The molecule has 0 radical (unpaired) electrons. The number of nitrogens with zero attached hydrogens (tertiary/aromatic N) is 5. The molecular formula is C56H82N10S5. The van der Waals surface area contributed by atoms with E-state index in [1.807, 2.05) is 190 Å². The van der Waals surface area contributed by atoms with Gasteiger partial charge in [0.15, 0.2) is 0 Å². The zero-order valence-electron chi connectivity index (χ0n) is 44.4. The van der Waals surface area contributed by atoms with Crippen molar-refractivity contribution >= 4 is 56.7 Å². The van der Waals surface area contributed by atoms with Gasteiger partial charge in [-0.05, 0) is 86.3 Å². The lowest BCUT2D eigenvalue weighted by Crippen LogP contribution is -1.81. The number of aromatic nitrogens is 10. The molecule has 10 rings (SSSR count). The van der Waals surface area contributed by atoms with Crippen molar-refractivity contribution in [1.29, 1.82) is 0 Å².